The van der Waals surface area contributed by atoms with Gasteiger partial charge in [-0.05, 0) is 38.5 Å². The number of nitrogen functional groups attached to an aromatic ring is 1. The van der Waals surface area contributed by atoms with E-state index in [0.717, 1.165) is 5.56 Å². The predicted octanol–water partition coefficient (Wildman–Crippen LogP) is 3.23. The molecule has 0 bridgehead atoms. The van der Waals surface area contributed by atoms with Gasteiger partial charge in [0.2, 0.25) is 0 Å². The van der Waals surface area contributed by atoms with Crippen LogP contribution < -0.4 is 5.73 Å². The number of nitrogens with zero attached hydrogens (tertiary/aromatic N) is 1. The average molecular weight is 313 g/mol. The molecule has 2 rings (SSSR count). The Labute approximate surface area is 130 Å². The standard InChI is InChI=1S/C15H21ClN2O3/c1-15(2,3)21-14(19)18-6-7-20-9-13(18)11-5-4-10(17)8-12(11)16/h4-5,8,13H,6-7,9,17H2,1-3H3/t13-/m0/s1. The molecule has 1 aromatic carbocycles. The van der Waals surface area contributed by atoms with Crippen molar-refractivity contribution < 1.29 is 14.3 Å². The highest BCUT2D eigenvalue weighted by molar-refractivity contribution is 6.31. The van der Waals surface area contributed by atoms with Crippen molar-refractivity contribution in [3.63, 3.8) is 0 Å². The Kier molecular flexibility index (Phi) is 4.64. The Morgan fingerprint density at radius 3 is 2.81 bits per heavy atom. The van der Waals surface area contributed by atoms with Crippen LogP contribution in [0.15, 0.2) is 18.2 Å². The third kappa shape index (κ3) is 4.02. The summed E-state index contributed by atoms with van der Waals surface area (Å²) in [4.78, 5) is 14.0. The lowest BCUT2D eigenvalue weighted by Crippen LogP contribution is -2.45. The third-order valence-electron chi connectivity index (χ3n) is 3.14. The number of hydrogen-bond acceptors (Lipinski definition) is 4. The number of carbonyl (C=O) groups is 1. The average Bonchev–Trinajstić information content (AvgIpc) is 2.37. The lowest BCUT2D eigenvalue weighted by atomic mass is 10.0. The Morgan fingerprint density at radius 2 is 2.19 bits per heavy atom. The summed E-state index contributed by atoms with van der Waals surface area (Å²) in [6.45, 7) is 6.88. The second-order valence-corrected chi connectivity index (χ2v) is 6.45. The maximum atomic E-state index is 12.4. The van der Waals surface area contributed by atoms with E-state index in [1.54, 1.807) is 17.0 Å². The minimum Gasteiger partial charge on any atom is -0.444 e. The highest BCUT2D eigenvalue weighted by Gasteiger charge is 2.33. The van der Waals surface area contributed by atoms with Gasteiger partial charge >= 0.3 is 6.09 Å². The van der Waals surface area contributed by atoms with Gasteiger partial charge in [0.05, 0.1) is 19.3 Å². The summed E-state index contributed by atoms with van der Waals surface area (Å²) in [5, 5.41) is 0.527. The fourth-order valence-corrected chi connectivity index (χ4v) is 2.53. The number of amides is 1. The first-order chi connectivity index (χ1) is 9.78. The number of halogens is 1. The zero-order chi connectivity index (χ0) is 15.6. The lowest BCUT2D eigenvalue weighted by molar-refractivity contribution is -0.0330. The van der Waals surface area contributed by atoms with Crippen molar-refractivity contribution in [1.29, 1.82) is 0 Å². The second-order valence-electron chi connectivity index (χ2n) is 6.05. The first-order valence-electron chi connectivity index (χ1n) is 6.90. The number of anilines is 1. The van der Waals surface area contributed by atoms with Crippen molar-refractivity contribution >= 4 is 23.4 Å². The van der Waals surface area contributed by atoms with E-state index in [1.165, 1.54) is 0 Å². The van der Waals surface area contributed by atoms with E-state index < -0.39 is 5.60 Å². The number of nitrogens with two attached hydrogens (primary N) is 1. The summed E-state index contributed by atoms with van der Waals surface area (Å²) in [6, 6.07) is 5.01. The topological polar surface area (TPSA) is 64.8 Å². The van der Waals surface area contributed by atoms with E-state index in [9.17, 15) is 4.79 Å². The zero-order valence-corrected chi connectivity index (χ0v) is 13.3. The molecule has 0 radical (unpaired) electrons. The molecule has 1 saturated heterocycles. The van der Waals surface area contributed by atoms with Gasteiger partial charge in [-0.2, -0.15) is 0 Å². The number of rotatable bonds is 1. The summed E-state index contributed by atoms with van der Waals surface area (Å²) in [5.41, 5.74) is 6.58. The van der Waals surface area contributed by atoms with Gasteiger partial charge < -0.3 is 15.2 Å². The number of hydrogen-bond donors (Lipinski definition) is 1. The summed E-state index contributed by atoms with van der Waals surface area (Å²) in [5.74, 6) is 0. The van der Waals surface area contributed by atoms with Crippen molar-refractivity contribution in [1.82, 2.24) is 4.90 Å². The van der Waals surface area contributed by atoms with Crippen LogP contribution in [0.5, 0.6) is 0 Å². The molecule has 116 valence electrons. The fraction of sp³-hybridized carbons (Fsp3) is 0.533. The Bertz CT molecular complexity index is 528. The first-order valence-corrected chi connectivity index (χ1v) is 7.28. The molecule has 1 fully saturated rings. The molecule has 1 aliphatic heterocycles. The van der Waals surface area contributed by atoms with Crippen molar-refractivity contribution in [2.75, 3.05) is 25.5 Å². The molecular formula is C15H21ClN2O3. The number of morpholine rings is 1. The zero-order valence-electron chi connectivity index (χ0n) is 12.6. The molecule has 2 N–H and O–H groups in total. The normalized spacial score (nSPS) is 19.4. The van der Waals surface area contributed by atoms with Crippen molar-refractivity contribution in [2.45, 2.75) is 32.4 Å². The molecule has 0 saturated carbocycles. The van der Waals surface area contributed by atoms with E-state index in [1.807, 2.05) is 26.8 Å². The van der Waals surface area contributed by atoms with E-state index in [0.29, 0.717) is 30.5 Å². The molecular weight excluding hydrogens is 292 g/mol. The molecule has 21 heavy (non-hydrogen) atoms. The van der Waals surface area contributed by atoms with Gasteiger partial charge in [0.1, 0.15) is 5.60 Å². The van der Waals surface area contributed by atoms with Crippen LogP contribution in [-0.4, -0.2) is 36.4 Å². The SMILES string of the molecule is CC(C)(C)OC(=O)N1CCOC[C@H]1c1ccc(N)cc1Cl. The minimum absolute atomic E-state index is 0.262. The van der Waals surface area contributed by atoms with Gasteiger partial charge in [-0.1, -0.05) is 17.7 Å². The second kappa shape index (κ2) is 6.12. The van der Waals surface area contributed by atoms with E-state index in [-0.39, 0.29) is 12.1 Å². The van der Waals surface area contributed by atoms with Crippen LogP contribution in [0.25, 0.3) is 0 Å². The van der Waals surface area contributed by atoms with E-state index in [2.05, 4.69) is 0 Å². The number of carbonyl (C=O) groups excluding carboxylic acids is 1. The van der Waals surface area contributed by atoms with Gasteiger partial charge in [0, 0.05) is 17.3 Å². The number of benzene rings is 1. The molecule has 0 aromatic heterocycles. The van der Waals surface area contributed by atoms with Crippen LogP contribution in [0.2, 0.25) is 5.02 Å². The highest BCUT2D eigenvalue weighted by Crippen LogP contribution is 2.32. The van der Waals surface area contributed by atoms with Gasteiger partial charge in [-0.15, -0.1) is 0 Å². The Balaban J connectivity index is 2.24. The van der Waals surface area contributed by atoms with Crippen LogP contribution in [0.3, 0.4) is 0 Å². The van der Waals surface area contributed by atoms with Crippen LogP contribution in [0, 0.1) is 0 Å². The molecule has 5 nitrogen and oxygen atoms in total. The maximum Gasteiger partial charge on any atom is 0.410 e. The summed E-state index contributed by atoms with van der Waals surface area (Å²) in [7, 11) is 0. The third-order valence-corrected chi connectivity index (χ3v) is 3.47. The molecule has 1 atom stereocenters. The van der Waals surface area contributed by atoms with Crippen molar-refractivity contribution in [3.05, 3.63) is 28.8 Å². The summed E-state index contributed by atoms with van der Waals surface area (Å²) >= 11 is 6.25. The molecule has 0 aliphatic carbocycles. The van der Waals surface area contributed by atoms with Crippen LogP contribution in [0.4, 0.5) is 10.5 Å². The predicted molar refractivity (Wildman–Crippen MR) is 82.4 cm³/mol. The maximum absolute atomic E-state index is 12.4. The largest absolute Gasteiger partial charge is 0.444 e. The quantitative estimate of drug-likeness (QED) is 0.809. The van der Waals surface area contributed by atoms with Crippen molar-refractivity contribution in [3.8, 4) is 0 Å². The van der Waals surface area contributed by atoms with Crippen LogP contribution >= 0.6 is 11.6 Å². The Morgan fingerprint density at radius 1 is 1.48 bits per heavy atom. The summed E-state index contributed by atoms with van der Waals surface area (Å²) < 4.78 is 10.9. The molecule has 1 amide bonds. The van der Waals surface area contributed by atoms with Crippen LogP contribution in [0.1, 0.15) is 32.4 Å². The summed E-state index contributed by atoms with van der Waals surface area (Å²) in [6.07, 6.45) is -0.358. The monoisotopic (exact) mass is 312 g/mol. The smallest absolute Gasteiger partial charge is 0.410 e. The number of ether oxygens (including phenoxy) is 2. The van der Waals surface area contributed by atoms with E-state index in [4.69, 9.17) is 26.8 Å². The van der Waals surface area contributed by atoms with Gasteiger partial charge in [0.25, 0.3) is 0 Å². The van der Waals surface area contributed by atoms with Crippen molar-refractivity contribution in [2.24, 2.45) is 0 Å². The molecule has 1 heterocycles. The van der Waals surface area contributed by atoms with Gasteiger partial charge in [-0.3, -0.25) is 4.90 Å². The Hall–Kier alpha value is -1.46. The molecule has 0 spiro atoms. The molecule has 1 aromatic rings. The molecule has 0 unspecified atom stereocenters. The fourth-order valence-electron chi connectivity index (χ4n) is 2.21. The van der Waals surface area contributed by atoms with E-state index >= 15 is 0 Å². The van der Waals surface area contributed by atoms with Gasteiger partial charge in [-0.25, -0.2) is 4.79 Å². The molecule has 1 aliphatic rings. The lowest BCUT2D eigenvalue weighted by Gasteiger charge is -2.37. The first kappa shape index (κ1) is 15.9. The highest BCUT2D eigenvalue weighted by atomic mass is 35.5. The molecule has 6 heteroatoms. The minimum atomic E-state index is -0.537. The van der Waals surface area contributed by atoms with Crippen LogP contribution in [-0.2, 0) is 9.47 Å². The van der Waals surface area contributed by atoms with Gasteiger partial charge in [0.15, 0.2) is 0 Å².